The largest absolute Gasteiger partial charge is 0.383 e. The molecule has 0 unspecified atom stereocenters. The number of halogens is 2. The van der Waals surface area contributed by atoms with Crippen LogP contribution in [0.4, 0.5) is 10.2 Å². The molecule has 3 nitrogen and oxygen atoms in total. The Balaban J connectivity index is 2.23. The summed E-state index contributed by atoms with van der Waals surface area (Å²) in [4.78, 5) is 15.8. The molecular weight excluding hydrogens is 303 g/mol. The van der Waals surface area contributed by atoms with Gasteiger partial charge in [0.25, 0.3) is 0 Å². The van der Waals surface area contributed by atoms with E-state index < -0.39 is 0 Å². The quantitative estimate of drug-likeness (QED) is 0.709. The van der Waals surface area contributed by atoms with Crippen LogP contribution >= 0.6 is 11.6 Å². The van der Waals surface area contributed by atoms with Gasteiger partial charge in [0, 0.05) is 17.1 Å². The molecule has 110 valence electrons. The van der Waals surface area contributed by atoms with Gasteiger partial charge in [-0.1, -0.05) is 23.7 Å². The zero-order chi connectivity index (χ0) is 15.9. The van der Waals surface area contributed by atoms with Gasteiger partial charge in [0.1, 0.15) is 11.6 Å². The monoisotopic (exact) mass is 314 g/mol. The Hall–Kier alpha value is -2.46. The van der Waals surface area contributed by atoms with E-state index in [1.54, 1.807) is 18.3 Å². The molecule has 2 N–H and O–H groups in total. The second kappa shape index (κ2) is 5.39. The Morgan fingerprint density at radius 2 is 2.00 bits per heavy atom. The van der Waals surface area contributed by atoms with Crippen LogP contribution in [0.15, 0.2) is 42.6 Å². The highest BCUT2D eigenvalue weighted by Gasteiger charge is 2.13. The molecule has 0 bridgehead atoms. The van der Waals surface area contributed by atoms with Crippen LogP contribution in [0.2, 0.25) is 5.02 Å². The highest BCUT2D eigenvalue weighted by Crippen LogP contribution is 2.32. The van der Waals surface area contributed by atoms with Crippen LogP contribution in [0.1, 0.15) is 17.3 Å². The molecule has 0 aliphatic rings. The summed E-state index contributed by atoms with van der Waals surface area (Å²) >= 11 is 6.09. The number of anilines is 1. The van der Waals surface area contributed by atoms with Gasteiger partial charge in [0.05, 0.1) is 10.6 Å². The third-order valence-electron chi connectivity index (χ3n) is 3.51. The van der Waals surface area contributed by atoms with Gasteiger partial charge < -0.3 is 5.73 Å². The molecule has 0 aliphatic carbocycles. The van der Waals surface area contributed by atoms with Crippen molar-refractivity contribution in [2.24, 2.45) is 0 Å². The molecule has 0 amide bonds. The van der Waals surface area contributed by atoms with Gasteiger partial charge in [0.15, 0.2) is 5.78 Å². The zero-order valence-electron chi connectivity index (χ0n) is 11.7. The standard InChI is InChI=1S/C17H12ClFN2O/c1-9(22)16-14-4-2-10(6-11(14)8-21-17(16)20)13-5-3-12(19)7-15(13)18/h2-8H,1H3,(H2,20,21). The van der Waals surface area contributed by atoms with E-state index in [1.165, 1.54) is 19.1 Å². The van der Waals surface area contributed by atoms with Gasteiger partial charge in [-0.25, -0.2) is 9.37 Å². The second-order valence-electron chi connectivity index (χ2n) is 5.00. The summed E-state index contributed by atoms with van der Waals surface area (Å²) in [7, 11) is 0. The van der Waals surface area contributed by atoms with Crippen molar-refractivity contribution in [2.45, 2.75) is 6.92 Å². The highest BCUT2D eigenvalue weighted by atomic mass is 35.5. The lowest BCUT2D eigenvalue weighted by molar-refractivity contribution is 0.102. The number of ketones is 1. The first-order chi connectivity index (χ1) is 10.5. The first kappa shape index (κ1) is 14.5. The topological polar surface area (TPSA) is 56.0 Å². The summed E-state index contributed by atoms with van der Waals surface area (Å²) in [5.41, 5.74) is 7.73. The molecule has 0 fully saturated rings. The maximum Gasteiger partial charge on any atom is 0.164 e. The third kappa shape index (κ3) is 2.42. The molecule has 1 aromatic heterocycles. The number of aromatic nitrogens is 1. The molecule has 0 atom stereocenters. The Kier molecular flexibility index (Phi) is 3.54. The lowest BCUT2D eigenvalue weighted by Gasteiger charge is -2.09. The van der Waals surface area contributed by atoms with Gasteiger partial charge in [-0.05, 0) is 42.1 Å². The summed E-state index contributed by atoms with van der Waals surface area (Å²) in [6.45, 7) is 1.46. The number of fused-ring (bicyclic) bond motifs is 1. The number of rotatable bonds is 2. The molecule has 0 radical (unpaired) electrons. The van der Waals surface area contributed by atoms with Crippen molar-refractivity contribution in [1.29, 1.82) is 0 Å². The number of nitrogen functional groups attached to an aromatic ring is 1. The number of carbonyl (C=O) groups excluding carboxylic acids is 1. The van der Waals surface area contributed by atoms with Gasteiger partial charge in [-0.2, -0.15) is 0 Å². The minimum Gasteiger partial charge on any atom is -0.383 e. The van der Waals surface area contributed by atoms with Crippen LogP contribution in [0.25, 0.3) is 21.9 Å². The summed E-state index contributed by atoms with van der Waals surface area (Å²) in [6, 6.07) is 9.73. The van der Waals surface area contributed by atoms with E-state index in [2.05, 4.69) is 4.98 Å². The molecule has 0 saturated carbocycles. The van der Waals surface area contributed by atoms with E-state index in [9.17, 15) is 9.18 Å². The van der Waals surface area contributed by atoms with Crippen molar-refractivity contribution < 1.29 is 9.18 Å². The van der Waals surface area contributed by atoms with Gasteiger partial charge in [-0.15, -0.1) is 0 Å². The Morgan fingerprint density at radius 3 is 2.68 bits per heavy atom. The van der Waals surface area contributed by atoms with Crippen LogP contribution in [0, 0.1) is 5.82 Å². The number of nitrogens with two attached hydrogens (primary N) is 1. The predicted molar refractivity (Wildman–Crippen MR) is 86.6 cm³/mol. The molecule has 3 aromatic rings. The van der Waals surface area contributed by atoms with Gasteiger partial charge >= 0.3 is 0 Å². The zero-order valence-corrected chi connectivity index (χ0v) is 12.5. The Labute approximate surface area is 131 Å². The normalized spacial score (nSPS) is 10.9. The van der Waals surface area contributed by atoms with Crippen LogP contribution in [0.3, 0.4) is 0 Å². The molecule has 1 heterocycles. The number of benzene rings is 2. The molecule has 3 rings (SSSR count). The third-order valence-corrected chi connectivity index (χ3v) is 3.83. The first-order valence-electron chi connectivity index (χ1n) is 6.62. The van der Waals surface area contributed by atoms with Crippen LogP contribution in [-0.2, 0) is 0 Å². The van der Waals surface area contributed by atoms with Crippen molar-refractivity contribution >= 4 is 34.0 Å². The molecule has 0 aliphatic heterocycles. The van der Waals surface area contributed by atoms with E-state index in [1.807, 2.05) is 12.1 Å². The Morgan fingerprint density at radius 1 is 1.23 bits per heavy atom. The van der Waals surface area contributed by atoms with Crippen LogP contribution in [0.5, 0.6) is 0 Å². The SMILES string of the molecule is CC(=O)c1c(N)ncc2cc(-c3ccc(F)cc3Cl)ccc12. The molecule has 22 heavy (non-hydrogen) atoms. The fourth-order valence-electron chi connectivity index (χ4n) is 2.50. The number of nitrogens with zero attached hydrogens (tertiary/aromatic N) is 1. The molecule has 0 saturated heterocycles. The van der Waals surface area contributed by atoms with E-state index in [0.717, 1.165) is 16.3 Å². The van der Waals surface area contributed by atoms with Crippen molar-refractivity contribution in [1.82, 2.24) is 4.98 Å². The van der Waals surface area contributed by atoms with Crippen molar-refractivity contribution in [3.63, 3.8) is 0 Å². The molecule has 5 heteroatoms. The maximum atomic E-state index is 13.2. The fourth-order valence-corrected chi connectivity index (χ4v) is 2.78. The lowest BCUT2D eigenvalue weighted by Crippen LogP contribution is -2.03. The average Bonchev–Trinajstić information content (AvgIpc) is 2.46. The second-order valence-corrected chi connectivity index (χ2v) is 5.41. The first-order valence-corrected chi connectivity index (χ1v) is 7.00. The smallest absolute Gasteiger partial charge is 0.164 e. The summed E-state index contributed by atoms with van der Waals surface area (Å²) in [6.07, 6.45) is 1.61. The van der Waals surface area contributed by atoms with E-state index in [0.29, 0.717) is 16.1 Å². The number of hydrogen-bond acceptors (Lipinski definition) is 3. The van der Waals surface area contributed by atoms with Crippen LogP contribution in [-0.4, -0.2) is 10.8 Å². The van der Waals surface area contributed by atoms with Gasteiger partial charge in [-0.3, -0.25) is 4.79 Å². The highest BCUT2D eigenvalue weighted by molar-refractivity contribution is 6.33. The molecular formula is C17H12ClFN2O. The number of pyridine rings is 1. The minimum absolute atomic E-state index is 0.136. The minimum atomic E-state index is -0.386. The van der Waals surface area contributed by atoms with E-state index >= 15 is 0 Å². The van der Waals surface area contributed by atoms with E-state index in [4.69, 9.17) is 17.3 Å². The summed E-state index contributed by atoms with van der Waals surface area (Å²) in [5.74, 6) is -0.307. The van der Waals surface area contributed by atoms with E-state index in [-0.39, 0.29) is 17.4 Å². The molecule has 2 aromatic carbocycles. The lowest BCUT2D eigenvalue weighted by atomic mass is 9.98. The average molecular weight is 315 g/mol. The number of carbonyl (C=O) groups is 1. The Bertz CT molecular complexity index is 909. The van der Waals surface area contributed by atoms with Crippen molar-refractivity contribution in [3.05, 3.63) is 59.0 Å². The van der Waals surface area contributed by atoms with Crippen LogP contribution < -0.4 is 5.73 Å². The summed E-state index contributed by atoms with van der Waals surface area (Å²) in [5, 5.41) is 1.84. The number of Topliss-reactive ketones (excluding diaryl/α,β-unsaturated/α-hetero) is 1. The van der Waals surface area contributed by atoms with Crippen molar-refractivity contribution in [3.8, 4) is 11.1 Å². The fraction of sp³-hybridized carbons (Fsp3) is 0.0588. The summed E-state index contributed by atoms with van der Waals surface area (Å²) < 4.78 is 13.2. The maximum absolute atomic E-state index is 13.2. The van der Waals surface area contributed by atoms with Gasteiger partial charge in [0.2, 0.25) is 0 Å². The predicted octanol–water partition coefficient (Wildman–Crippen LogP) is 4.48. The molecule has 0 spiro atoms. The van der Waals surface area contributed by atoms with Crippen molar-refractivity contribution in [2.75, 3.05) is 5.73 Å². The number of hydrogen-bond donors (Lipinski definition) is 1.